The third-order valence-corrected chi connectivity index (χ3v) is 5.12. The Balaban J connectivity index is 1.74. The zero-order valence-corrected chi connectivity index (χ0v) is 13.1. The van der Waals surface area contributed by atoms with Crippen LogP contribution in [0, 0.1) is 0 Å². The fraction of sp³-hybridized carbons (Fsp3) is 0.800. The van der Waals surface area contributed by atoms with E-state index in [4.69, 9.17) is 0 Å². The van der Waals surface area contributed by atoms with E-state index >= 15 is 0 Å². The molecule has 2 aliphatic rings. The number of carbonyl (C=O) groups excluding carboxylic acids is 1. The summed E-state index contributed by atoms with van der Waals surface area (Å²) in [4.78, 5) is 14.8. The first kappa shape index (κ1) is 15.9. The quantitative estimate of drug-likeness (QED) is 0.548. The van der Waals surface area contributed by atoms with E-state index in [1.165, 1.54) is 12.8 Å². The van der Waals surface area contributed by atoms with Crippen LogP contribution in [-0.2, 0) is 4.79 Å². The minimum Gasteiger partial charge on any atom is -0.354 e. The van der Waals surface area contributed by atoms with Crippen molar-refractivity contribution in [1.82, 2.24) is 15.5 Å². The molecule has 2 rings (SSSR count). The van der Waals surface area contributed by atoms with Crippen LogP contribution < -0.4 is 10.6 Å². The lowest BCUT2D eigenvalue weighted by Gasteiger charge is -2.35. The molecular formula is C15H27N3OS. The second-order valence-electron chi connectivity index (χ2n) is 5.53. The third kappa shape index (κ3) is 4.50. The van der Waals surface area contributed by atoms with Gasteiger partial charge in [0.1, 0.15) is 0 Å². The van der Waals surface area contributed by atoms with Crippen LogP contribution in [0.5, 0.6) is 0 Å². The van der Waals surface area contributed by atoms with Crippen LogP contribution in [0.4, 0.5) is 0 Å². The highest BCUT2D eigenvalue weighted by molar-refractivity contribution is 7.99. The van der Waals surface area contributed by atoms with E-state index in [0.717, 1.165) is 50.5 Å². The number of piperidine rings is 1. The van der Waals surface area contributed by atoms with Gasteiger partial charge < -0.3 is 10.6 Å². The van der Waals surface area contributed by atoms with E-state index in [-0.39, 0.29) is 11.9 Å². The Kier molecular flexibility index (Phi) is 6.90. The second-order valence-corrected chi connectivity index (χ2v) is 6.68. The van der Waals surface area contributed by atoms with Crippen molar-refractivity contribution in [3.63, 3.8) is 0 Å². The van der Waals surface area contributed by atoms with E-state index < -0.39 is 0 Å². The molecule has 1 unspecified atom stereocenters. The highest BCUT2D eigenvalue weighted by Crippen LogP contribution is 2.24. The summed E-state index contributed by atoms with van der Waals surface area (Å²) in [5, 5.41) is 6.50. The molecule has 2 N–H and O–H groups in total. The van der Waals surface area contributed by atoms with Crippen molar-refractivity contribution in [1.29, 1.82) is 0 Å². The van der Waals surface area contributed by atoms with Crippen LogP contribution in [0.1, 0.15) is 25.7 Å². The molecule has 0 saturated carbocycles. The summed E-state index contributed by atoms with van der Waals surface area (Å²) in [6, 6.07) is 0.715. The molecule has 0 aliphatic carbocycles. The highest BCUT2D eigenvalue weighted by atomic mass is 32.2. The molecule has 1 amide bonds. The van der Waals surface area contributed by atoms with E-state index in [1.807, 2.05) is 17.8 Å². The van der Waals surface area contributed by atoms with Crippen molar-refractivity contribution in [3.05, 3.63) is 12.7 Å². The van der Waals surface area contributed by atoms with E-state index in [9.17, 15) is 4.79 Å². The largest absolute Gasteiger partial charge is 0.354 e. The van der Waals surface area contributed by atoms with E-state index in [2.05, 4.69) is 22.1 Å². The van der Waals surface area contributed by atoms with Crippen LogP contribution in [-0.4, -0.2) is 60.6 Å². The Hall–Kier alpha value is -0.520. The molecule has 114 valence electrons. The van der Waals surface area contributed by atoms with Gasteiger partial charge in [0.25, 0.3) is 0 Å². The molecule has 0 aromatic heterocycles. The molecule has 4 nitrogen and oxygen atoms in total. The molecule has 0 spiro atoms. The summed E-state index contributed by atoms with van der Waals surface area (Å²) >= 11 is 1.81. The van der Waals surface area contributed by atoms with Crippen LogP contribution in [0.15, 0.2) is 12.7 Å². The third-order valence-electron chi connectivity index (χ3n) is 4.16. The summed E-state index contributed by atoms with van der Waals surface area (Å²) in [6.07, 6.45) is 6.45. The summed E-state index contributed by atoms with van der Waals surface area (Å²) in [7, 11) is 0. The summed E-state index contributed by atoms with van der Waals surface area (Å²) < 4.78 is 0. The van der Waals surface area contributed by atoms with E-state index in [1.54, 1.807) is 0 Å². The van der Waals surface area contributed by atoms with Gasteiger partial charge in [-0.05, 0) is 45.3 Å². The summed E-state index contributed by atoms with van der Waals surface area (Å²) in [5.41, 5.74) is 0. The van der Waals surface area contributed by atoms with Gasteiger partial charge in [-0.3, -0.25) is 9.69 Å². The fourth-order valence-electron chi connectivity index (χ4n) is 3.18. The molecular weight excluding hydrogens is 270 g/mol. The fourth-order valence-corrected chi connectivity index (χ4v) is 3.76. The molecule has 0 aromatic carbocycles. The number of likely N-dealkylation sites (tertiary alicyclic amines) is 1. The van der Waals surface area contributed by atoms with Gasteiger partial charge in [-0.2, -0.15) is 11.8 Å². The molecule has 0 bridgehead atoms. The maximum Gasteiger partial charge on any atom is 0.237 e. The summed E-state index contributed by atoms with van der Waals surface area (Å²) in [5.74, 6) is 2.17. The minimum absolute atomic E-state index is 0.113. The standard InChI is InChI=1S/C15H27N3OS/c1-2-11-20-12-9-17-15(19)14-4-3-10-18(14)13-5-7-16-8-6-13/h2,13-14,16H,1,3-12H2,(H,17,19). The Morgan fingerprint density at radius 3 is 2.95 bits per heavy atom. The monoisotopic (exact) mass is 297 g/mol. The molecule has 0 aromatic rings. The molecule has 0 radical (unpaired) electrons. The van der Waals surface area contributed by atoms with Crippen molar-refractivity contribution >= 4 is 17.7 Å². The molecule has 2 fully saturated rings. The van der Waals surface area contributed by atoms with Crippen molar-refractivity contribution in [3.8, 4) is 0 Å². The normalized spacial score (nSPS) is 24.7. The maximum atomic E-state index is 12.3. The molecule has 2 saturated heterocycles. The maximum absolute atomic E-state index is 12.3. The number of hydrogen-bond donors (Lipinski definition) is 2. The lowest BCUT2D eigenvalue weighted by atomic mass is 10.0. The summed E-state index contributed by atoms with van der Waals surface area (Å²) in [6.45, 7) is 7.74. The Morgan fingerprint density at radius 1 is 1.40 bits per heavy atom. The Bertz CT molecular complexity index is 318. The molecule has 1 atom stereocenters. The van der Waals surface area contributed by atoms with Gasteiger partial charge in [0.15, 0.2) is 0 Å². The Morgan fingerprint density at radius 2 is 2.20 bits per heavy atom. The minimum atomic E-state index is 0.113. The van der Waals surface area contributed by atoms with Crippen LogP contribution in [0.2, 0.25) is 0 Å². The number of rotatable bonds is 7. The second kappa shape index (κ2) is 8.70. The van der Waals surface area contributed by atoms with Crippen LogP contribution in [0.3, 0.4) is 0 Å². The molecule has 2 heterocycles. The number of thioether (sulfide) groups is 1. The van der Waals surface area contributed by atoms with Gasteiger partial charge in [0.05, 0.1) is 6.04 Å². The zero-order valence-electron chi connectivity index (χ0n) is 12.3. The molecule has 2 aliphatic heterocycles. The van der Waals surface area contributed by atoms with Crippen LogP contribution in [0.25, 0.3) is 0 Å². The van der Waals surface area contributed by atoms with Crippen molar-refractivity contribution < 1.29 is 4.79 Å². The smallest absolute Gasteiger partial charge is 0.237 e. The van der Waals surface area contributed by atoms with Gasteiger partial charge in [0, 0.05) is 24.1 Å². The average molecular weight is 297 g/mol. The first-order valence-electron chi connectivity index (χ1n) is 7.75. The number of amides is 1. The lowest BCUT2D eigenvalue weighted by Crippen LogP contribution is -2.51. The van der Waals surface area contributed by atoms with Gasteiger partial charge >= 0.3 is 0 Å². The number of hydrogen-bond acceptors (Lipinski definition) is 4. The van der Waals surface area contributed by atoms with Crippen molar-refractivity contribution in [2.24, 2.45) is 0 Å². The number of carbonyl (C=O) groups is 1. The predicted octanol–water partition coefficient (Wildman–Crippen LogP) is 1.24. The first-order chi connectivity index (χ1) is 9.83. The zero-order chi connectivity index (χ0) is 14.2. The SMILES string of the molecule is C=CCSCCNC(=O)C1CCCN1C1CCNCC1. The highest BCUT2D eigenvalue weighted by Gasteiger charge is 2.35. The van der Waals surface area contributed by atoms with Crippen molar-refractivity contribution in [2.45, 2.75) is 37.8 Å². The van der Waals surface area contributed by atoms with Crippen molar-refractivity contribution in [2.75, 3.05) is 37.7 Å². The van der Waals surface area contributed by atoms with Gasteiger partial charge in [-0.1, -0.05) is 6.08 Å². The van der Waals surface area contributed by atoms with E-state index in [0.29, 0.717) is 6.04 Å². The number of nitrogens with one attached hydrogen (secondary N) is 2. The van der Waals surface area contributed by atoms with Gasteiger partial charge in [0.2, 0.25) is 5.91 Å². The van der Waals surface area contributed by atoms with Gasteiger partial charge in [-0.25, -0.2) is 0 Å². The first-order valence-corrected chi connectivity index (χ1v) is 8.91. The Labute approximate surface area is 126 Å². The average Bonchev–Trinajstić information content (AvgIpc) is 2.97. The van der Waals surface area contributed by atoms with Gasteiger partial charge in [-0.15, -0.1) is 6.58 Å². The molecule has 20 heavy (non-hydrogen) atoms. The predicted molar refractivity (Wildman–Crippen MR) is 86.2 cm³/mol. The van der Waals surface area contributed by atoms with Crippen LogP contribution >= 0.6 is 11.8 Å². The lowest BCUT2D eigenvalue weighted by molar-refractivity contribution is -0.126. The number of nitrogens with zero attached hydrogens (tertiary/aromatic N) is 1. The topological polar surface area (TPSA) is 44.4 Å². The molecule has 5 heteroatoms.